The van der Waals surface area contributed by atoms with Gasteiger partial charge in [-0.2, -0.15) is 4.98 Å². The lowest BCUT2D eigenvalue weighted by molar-refractivity contribution is -0.0595. The van der Waals surface area contributed by atoms with Crippen molar-refractivity contribution < 1.29 is 29.2 Å². The monoisotopic (exact) mass is 362 g/mol. The van der Waals surface area contributed by atoms with E-state index in [0.717, 1.165) is 4.68 Å². The van der Waals surface area contributed by atoms with Crippen LogP contribution in [0.3, 0.4) is 0 Å². The van der Waals surface area contributed by atoms with Crippen LogP contribution in [-0.4, -0.2) is 60.9 Å². The molecular weight excluding hydrogens is 347 g/mol. The molecule has 0 radical (unpaired) electrons. The Morgan fingerprint density at radius 2 is 2.04 bits per heavy atom. The van der Waals surface area contributed by atoms with Crippen LogP contribution in [0.25, 0.3) is 0 Å². The number of hydrogen-bond acceptors (Lipinski definition) is 7. The van der Waals surface area contributed by atoms with E-state index in [1.54, 1.807) is 6.07 Å². The topological polar surface area (TPSA) is 144 Å². The summed E-state index contributed by atoms with van der Waals surface area (Å²) >= 11 is 0. The second-order valence-corrected chi connectivity index (χ2v) is 5.53. The van der Waals surface area contributed by atoms with Crippen molar-refractivity contribution in [1.29, 1.82) is 0 Å². The number of aliphatic hydroxyl groups excluding tert-OH is 3. The molecule has 3 rings (SSSR count). The number of ether oxygens (including phenoxy) is 1. The molecule has 26 heavy (non-hydrogen) atoms. The van der Waals surface area contributed by atoms with Gasteiger partial charge in [0, 0.05) is 0 Å². The maximum absolute atomic E-state index is 13.6. The average molecular weight is 362 g/mol. The van der Waals surface area contributed by atoms with Crippen molar-refractivity contribution in [1.82, 2.24) is 14.8 Å². The van der Waals surface area contributed by atoms with Crippen LogP contribution in [0.2, 0.25) is 0 Å². The van der Waals surface area contributed by atoms with Crippen LogP contribution in [0.4, 0.5) is 4.39 Å². The van der Waals surface area contributed by atoms with Gasteiger partial charge in [-0.05, 0) is 18.1 Å². The molecule has 0 spiro atoms. The summed E-state index contributed by atoms with van der Waals surface area (Å²) in [5.41, 5.74) is 5.36. The lowest BCUT2D eigenvalue weighted by atomic mass is 10.1. The van der Waals surface area contributed by atoms with E-state index in [2.05, 4.69) is 21.9 Å². The van der Waals surface area contributed by atoms with Crippen molar-refractivity contribution in [3.63, 3.8) is 0 Å². The zero-order chi connectivity index (χ0) is 18.8. The first-order valence-electron chi connectivity index (χ1n) is 7.57. The molecule has 10 heteroatoms. The minimum absolute atomic E-state index is 0.109. The van der Waals surface area contributed by atoms with E-state index in [0.29, 0.717) is 0 Å². The summed E-state index contributed by atoms with van der Waals surface area (Å²) in [5.74, 6) is 3.02. The molecule has 0 bridgehead atoms. The van der Waals surface area contributed by atoms with E-state index in [1.165, 1.54) is 18.2 Å². The van der Waals surface area contributed by atoms with Crippen molar-refractivity contribution in [3.05, 3.63) is 47.3 Å². The van der Waals surface area contributed by atoms with Gasteiger partial charge in [-0.15, -0.1) is 5.10 Å². The number of hydrogen-bond donors (Lipinski definition) is 4. The Morgan fingerprint density at radius 3 is 2.65 bits per heavy atom. The number of carbonyl (C=O) groups excluding carboxylic acids is 1. The van der Waals surface area contributed by atoms with E-state index in [1.807, 2.05) is 0 Å². The molecule has 0 saturated carbocycles. The van der Waals surface area contributed by atoms with Gasteiger partial charge in [0.05, 0.1) is 12.2 Å². The fourth-order valence-corrected chi connectivity index (χ4v) is 2.49. The number of aromatic nitrogens is 3. The fraction of sp³-hybridized carbons (Fsp3) is 0.312. The van der Waals surface area contributed by atoms with Crippen LogP contribution in [0.15, 0.2) is 24.3 Å². The molecule has 1 amide bonds. The molecule has 1 saturated heterocycles. The van der Waals surface area contributed by atoms with Gasteiger partial charge >= 0.3 is 0 Å². The Balaban J connectivity index is 1.96. The highest BCUT2D eigenvalue weighted by atomic mass is 19.1. The van der Waals surface area contributed by atoms with Crippen molar-refractivity contribution in [3.8, 4) is 11.8 Å². The highest BCUT2D eigenvalue weighted by Gasteiger charge is 2.45. The van der Waals surface area contributed by atoms with E-state index in [9.17, 15) is 19.4 Å². The van der Waals surface area contributed by atoms with Crippen LogP contribution in [-0.2, 0) is 4.74 Å². The maximum atomic E-state index is 13.6. The van der Waals surface area contributed by atoms with Gasteiger partial charge in [-0.3, -0.25) is 4.79 Å². The summed E-state index contributed by atoms with van der Waals surface area (Å²) in [6.07, 6.45) is -5.21. The summed E-state index contributed by atoms with van der Waals surface area (Å²) in [5, 5.41) is 33.0. The van der Waals surface area contributed by atoms with E-state index < -0.39 is 42.9 Å². The minimum atomic E-state index is -1.47. The summed E-state index contributed by atoms with van der Waals surface area (Å²) < 4.78 is 19.8. The van der Waals surface area contributed by atoms with Crippen molar-refractivity contribution in [2.24, 2.45) is 5.73 Å². The van der Waals surface area contributed by atoms with Crippen LogP contribution < -0.4 is 5.73 Å². The summed E-state index contributed by atoms with van der Waals surface area (Å²) in [7, 11) is 0. The number of amides is 1. The average Bonchev–Trinajstić information content (AvgIpc) is 3.16. The largest absolute Gasteiger partial charge is 0.394 e. The number of nitrogens with zero attached hydrogens (tertiary/aromatic N) is 3. The van der Waals surface area contributed by atoms with Gasteiger partial charge in [0.2, 0.25) is 11.6 Å². The normalized spacial score (nSPS) is 24.9. The SMILES string of the molecule is NC(=O)c1nc(C#Cc2ccccc2F)nn1[C@@H]1O[C@H](CO)[C@@H](O)[C@H]1O. The fourth-order valence-electron chi connectivity index (χ4n) is 2.49. The third-order valence-corrected chi connectivity index (χ3v) is 3.79. The Morgan fingerprint density at radius 1 is 1.31 bits per heavy atom. The lowest BCUT2D eigenvalue weighted by Gasteiger charge is -2.15. The molecule has 1 aliphatic heterocycles. The number of nitrogens with two attached hydrogens (primary N) is 1. The zero-order valence-electron chi connectivity index (χ0n) is 13.3. The summed E-state index contributed by atoms with van der Waals surface area (Å²) in [6, 6.07) is 5.82. The molecular formula is C16H15FN4O5. The molecule has 1 aliphatic rings. The van der Waals surface area contributed by atoms with Crippen molar-refractivity contribution >= 4 is 5.91 Å². The van der Waals surface area contributed by atoms with Gasteiger partial charge in [0.1, 0.15) is 24.1 Å². The Hall–Kier alpha value is -2.84. The van der Waals surface area contributed by atoms with Gasteiger partial charge in [-0.25, -0.2) is 9.07 Å². The zero-order valence-corrected chi connectivity index (χ0v) is 13.3. The van der Waals surface area contributed by atoms with Crippen LogP contribution in [0.1, 0.15) is 28.2 Å². The second-order valence-electron chi connectivity index (χ2n) is 5.53. The highest BCUT2D eigenvalue weighted by molar-refractivity contribution is 5.89. The second kappa shape index (κ2) is 7.19. The predicted molar refractivity (Wildman–Crippen MR) is 83.9 cm³/mol. The van der Waals surface area contributed by atoms with Crippen LogP contribution >= 0.6 is 0 Å². The Labute approximate surface area is 146 Å². The number of rotatable bonds is 3. The smallest absolute Gasteiger partial charge is 0.286 e. The van der Waals surface area contributed by atoms with Crippen LogP contribution in [0.5, 0.6) is 0 Å². The quantitative estimate of drug-likeness (QED) is 0.488. The first-order chi connectivity index (χ1) is 12.4. The first-order valence-corrected chi connectivity index (χ1v) is 7.57. The van der Waals surface area contributed by atoms with Gasteiger partial charge in [0.25, 0.3) is 5.91 Å². The number of benzene rings is 1. The molecule has 0 unspecified atom stereocenters. The lowest BCUT2D eigenvalue weighted by Crippen LogP contribution is -2.34. The first kappa shape index (κ1) is 18.0. The van der Waals surface area contributed by atoms with E-state index in [-0.39, 0.29) is 17.2 Å². The summed E-state index contributed by atoms with van der Waals surface area (Å²) in [4.78, 5) is 15.5. The Kier molecular flexibility index (Phi) is 4.97. The number of carbonyl (C=O) groups is 1. The van der Waals surface area contributed by atoms with Gasteiger partial charge in [-0.1, -0.05) is 18.1 Å². The van der Waals surface area contributed by atoms with Gasteiger partial charge < -0.3 is 25.8 Å². The molecule has 1 aromatic heterocycles. The maximum Gasteiger partial charge on any atom is 0.286 e. The predicted octanol–water partition coefficient (Wildman–Crippen LogP) is -1.47. The third kappa shape index (κ3) is 3.29. The third-order valence-electron chi connectivity index (χ3n) is 3.79. The highest BCUT2D eigenvalue weighted by Crippen LogP contribution is 2.29. The standard InChI is InChI=1S/C16H15FN4O5/c17-9-4-2-1-3-8(9)5-6-11-19-15(14(18)25)21(20-11)16-13(24)12(23)10(7-22)26-16/h1-4,10,12-13,16,22-24H,7H2,(H2,18,25)/t10-,12-,13-,16-/m1/s1. The van der Waals surface area contributed by atoms with E-state index >= 15 is 0 Å². The molecule has 2 heterocycles. The Bertz CT molecular complexity index is 890. The molecule has 5 N–H and O–H groups in total. The summed E-state index contributed by atoms with van der Waals surface area (Å²) in [6.45, 7) is -0.546. The molecule has 136 valence electrons. The van der Waals surface area contributed by atoms with Crippen LogP contribution in [0, 0.1) is 17.7 Å². The van der Waals surface area contributed by atoms with Crippen molar-refractivity contribution in [2.75, 3.05) is 6.61 Å². The van der Waals surface area contributed by atoms with E-state index in [4.69, 9.17) is 15.6 Å². The molecule has 0 aliphatic carbocycles. The molecule has 9 nitrogen and oxygen atoms in total. The van der Waals surface area contributed by atoms with Gasteiger partial charge in [0.15, 0.2) is 6.23 Å². The molecule has 1 fully saturated rings. The number of primary amides is 1. The molecule has 4 atom stereocenters. The molecule has 1 aromatic carbocycles. The number of halogens is 1. The molecule has 2 aromatic rings. The number of aliphatic hydroxyl groups is 3. The minimum Gasteiger partial charge on any atom is -0.394 e. The van der Waals surface area contributed by atoms with Crippen molar-refractivity contribution in [2.45, 2.75) is 24.5 Å².